The molecule has 2 unspecified atom stereocenters. The highest BCUT2D eigenvalue weighted by Gasteiger charge is 2.44. The summed E-state index contributed by atoms with van der Waals surface area (Å²) in [6.07, 6.45) is 0. The first-order valence-electron chi connectivity index (χ1n) is 6.24. The zero-order valence-electron chi connectivity index (χ0n) is 11.5. The van der Waals surface area contributed by atoms with Gasteiger partial charge in [-0.15, -0.1) is 0 Å². The largest absolute Gasteiger partial charge is 0.495 e. The van der Waals surface area contributed by atoms with Gasteiger partial charge in [-0.1, -0.05) is 0 Å². The number of nitrogens with two attached hydrogens (primary N) is 1. The third-order valence-corrected chi connectivity index (χ3v) is 3.62. The van der Waals surface area contributed by atoms with Crippen molar-refractivity contribution < 1.29 is 14.3 Å². The number of carbonyl (C=O) groups excluding carboxylic acids is 1. The Morgan fingerprint density at radius 1 is 1.65 bits per heavy atom. The normalized spacial score (nSPS) is 25.0. The summed E-state index contributed by atoms with van der Waals surface area (Å²) in [5, 5.41) is 11.6. The number of nitriles is 1. The molecule has 20 heavy (non-hydrogen) atoms. The Kier molecular flexibility index (Phi) is 3.93. The molecule has 0 radical (unpaired) electrons. The summed E-state index contributed by atoms with van der Waals surface area (Å²) < 4.78 is 10.4. The van der Waals surface area contributed by atoms with Crippen LogP contribution < -0.4 is 15.8 Å². The summed E-state index contributed by atoms with van der Waals surface area (Å²) >= 11 is 0. The Morgan fingerprint density at radius 2 is 2.40 bits per heavy atom. The molecule has 106 valence electrons. The van der Waals surface area contributed by atoms with Gasteiger partial charge in [0.25, 0.3) is 0 Å². The molecule has 1 fully saturated rings. The van der Waals surface area contributed by atoms with E-state index in [-0.39, 0.29) is 11.9 Å². The first-order valence-corrected chi connectivity index (χ1v) is 6.24. The molecule has 1 saturated heterocycles. The summed E-state index contributed by atoms with van der Waals surface area (Å²) in [6.45, 7) is 2.43. The summed E-state index contributed by atoms with van der Waals surface area (Å²) in [6, 6.07) is 6.51. The second-order valence-electron chi connectivity index (χ2n) is 5.02. The molecule has 3 N–H and O–H groups in total. The number of hydrogen-bond acceptors (Lipinski definition) is 5. The number of nitrogens with one attached hydrogen (secondary N) is 1. The third-order valence-electron chi connectivity index (χ3n) is 3.62. The van der Waals surface area contributed by atoms with Crippen molar-refractivity contribution in [3.63, 3.8) is 0 Å². The fourth-order valence-electron chi connectivity index (χ4n) is 2.05. The zero-order chi connectivity index (χ0) is 14.8. The molecule has 1 aromatic carbocycles. The van der Waals surface area contributed by atoms with Gasteiger partial charge in [0.15, 0.2) is 0 Å². The van der Waals surface area contributed by atoms with Crippen LogP contribution in [0.25, 0.3) is 0 Å². The minimum atomic E-state index is -0.765. The van der Waals surface area contributed by atoms with E-state index in [1.165, 1.54) is 7.11 Å². The van der Waals surface area contributed by atoms with Crippen molar-refractivity contribution in [1.29, 1.82) is 5.26 Å². The van der Waals surface area contributed by atoms with Crippen molar-refractivity contribution in [2.75, 3.05) is 25.6 Å². The Labute approximate surface area is 117 Å². The number of anilines is 1. The quantitative estimate of drug-likeness (QED) is 0.853. The summed E-state index contributed by atoms with van der Waals surface area (Å²) in [4.78, 5) is 12.4. The molecular weight excluding hydrogens is 258 g/mol. The van der Waals surface area contributed by atoms with Crippen molar-refractivity contribution in [3.8, 4) is 11.8 Å². The lowest BCUT2D eigenvalue weighted by atomic mass is 9.85. The molecular formula is C14H17N3O3. The number of hydrogen-bond donors (Lipinski definition) is 2. The van der Waals surface area contributed by atoms with Crippen LogP contribution in [-0.4, -0.2) is 32.3 Å². The molecule has 1 aliphatic rings. The van der Waals surface area contributed by atoms with E-state index in [0.29, 0.717) is 30.2 Å². The van der Waals surface area contributed by atoms with E-state index in [9.17, 15) is 4.79 Å². The second-order valence-corrected chi connectivity index (χ2v) is 5.02. The molecule has 6 nitrogen and oxygen atoms in total. The molecule has 2 rings (SSSR count). The lowest BCUT2D eigenvalue weighted by Crippen LogP contribution is -2.47. The van der Waals surface area contributed by atoms with Gasteiger partial charge in [-0.25, -0.2) is 0 Å². The van der Waals surface area contributed by atoms with Crippen LogP contribution in [0.15, 0.2) is 18.2 Å². The monoisotopic (exact) mass is 275 g/mol. The molecule has 6 heteroatoms. The topological polar surface area (TPSA) is 97.4 Å². The molecule has 0 aromatic heterocycles. The van der Waals surface area contributed by atoms with Crippen molar-refractivity contribution in [2.24, 2.45) is 11.1 Å². The molecule has 1 aliphatic heterocycles. The molecule has 1 aromatic rings. The smallest absolute Gasteiger partial charge is 0.234 e. The average Bonchev–Trinajstić information content (AvgIpc) is 2.80. The second kappa shape index (κ2) is 5.49. The van der Waals surface area contributed by atoms with Gasteiger partial charge in [0.1, 0.15) is 5.75 Å². The Balaban J connectivity index is 2.22. The standard InChI is InChI=1S/C14H17N3O3/c1-14(8-20-7-12(14)16)13(18)17-10-4-3-9(6-15)5-11(10)19-2/h3-5,12H,7-8,16H2,1-2H3,(H,17,18). The predicted octanol–water partition coefficient (Wildman–Crippen LogP) is 0.869. The molecule has 0 bridgehead atoms. The maximum absolute atomic E-state index is 12.4. The Morgan fingerprint density at radius 3 is 2.95 bits per heavy atom. The zero-order valence-corrected chi connectivity index (χ0v) is 11.5. The first kappa shape index (κ1) is 14.3. The maximum atomic E-state index is 12.4. The van der Waals surface area contributed by atoms with Gasteiger partial charge in [0, 0.05) is 12.1 Å². The van der Waals surface area contributed by atoms with E-state index in [0.717, 1.165) is 0 Å². The fraction of sp³-hybridized carbons (Fsp3) is 0.429. The van der Waals surface area contributed by atoms with Crippen LogP contribution in [0.2, 0.25) is 0 Å². The van der Waals surface area contributed by atoms with Crippen LogP contribution in [0.5, 0.6) is 5.75 Å². The highest BCUT2D eigenvalue weighted by Crippen LogP contribution is 2.31. The summed E-state index contributed by atoms with van der Waals surface area (Å²) in [5.41, 5.74) is 6.13. The van der Waals surface area contributed by atoms with Gasteiger partial charge in [-0.2, -0.15) is 5.26 Å². The highest BCUT2D eigenvalue weighted by molar-refractivity contribution is 5.97. The van der Waals surface area contributed by atoms with E-state index in [2.05, 4.69) is 5.32 Å². The van der Waals surface area contributed by atoms with Gasteiger partial charge >= 0.3 is 0 Å². The van der Waals surface area contributed by atoms with E-state index in [4.69, 9.17) is 20.5 Å². The van der Waals surface area contributed by atoms with Crippen LogP contribution in [-0.2, 0) is 9.53 Å². The predicted molar refractivity (Wildman–Crippen MR) is 73.2 cm³/mol. The van der Waals surface area contributed by atoms with Gasteiger partial charge in [0.2, 0.25) is 5.91 Å². The Hall–Kier alpha value is -2.10. The van der Waals surface area contributed by atoms with E-state index in [1.807, 2.05) is 6.07 Å². The van der Waals surface area contributed by atoms with Crippen molar-refractivity contribution in [2.45, 2.75) is 13.0 Å². The SMILES string of the molecule is COc1cc(C#N)ccc1NC(=O)C1(C)COCC1N. The number of amides is 1. The van der Waals surface area contributed by atoms with Crippen LogP contribution >= 0.6 is 0 Å². The van der Waals surface area contributed by atoms with Crippen LogP contribution in [0, 0.1) is 16.7 Å². The third kappa shape index (κ3) is 2.46. The minimum absolute atomic E-state index is 0.217. The fourth-order valence-corrected chi connectivity index (χ4v) is 2.05. The van der Waals surface area contributed by atoms with Crippen LogP contribution in [0.3, 0.4) is 0 Å². The molecule has 1 amide bonds. The lowest BCUT2D eigenvalue weighted by molar-refractivity contribution is -0.125. The number of ether oxygens (including phenoxy) is 2. The van der Waals surface area contributed by atoms with Gasteiger partial charge in [0.05, 0.1) is 43.1 Å². The van der Waals surface area contributed by atoms with E-state index < -0.39 is 5.41 Å². The summed E-state index contributed by atoms with van der Waals surface area (Å²) in [5.74, 6) is 0.221. The van der Waals surface area contributed by atoms with Crippen LogP contribution in [0.4, 0.5) is 5.69 Å². The molecule has 0 saturated carbocycles. The Bertz CT molecular complexity index is 567. The lowest BCUT2D eigenvalue weighted by Gasteiger charge is -2.25. The number of carbonyl (C=O) groups is 1. The first-order chi connectivity index (χ1) is 9.51. The maximum Gasteiger partial charge on any atom is 0.234 e. The number of rotatable bonds is 3. The molecule has 0 spiro atoms. The van der Waals surface area contributed by atoms with Gasteiger partial charge < -0.3 is 20.5 Å². The highest BCUT2D eigenvalue weighted by atomic mass is 16.5. The van der Waals surface area contributed by atoms with Crippen LogP contribution in [0.1, 0.15) is 12.5 Å². The minimum Gasteiger partial charge on any atom is -0.495 e. The van der Waals surface area contributed by atoms with E-state index >= 15 is 0 Å². The molecule has 0 aliphatic carbocycles. The van der Waals surface area contributed by atoms with Crippen molar-refractivity contribution in [3.05, 3.63) is 23.8 Å². The average molecular weight is 275 g/mol. The van der Waals surface area contributed by atoms with Gasteiger partial charge in [-0.3, -0.25) is 4.79 Å². The molecule has 1 heterocycles. The number of methoxy groups -OCH3 is 1. The summed E-state index contributed by atoms with van der Waals surface area (Å²) in [7, 11) is 1.48. The van der Waals surface area contributed by atoms with E-state index in [1.54, 1.807) is 25.1 Å². The van der Waals surface area contributed by atoms with Gasteiger partial charge in [-0.05, 0) is 19.1 Å². The number of benzene rings is 1. The number of nitrogens with zero attached hydrogens (tertiary/aromatic N) is 1. The molecule has 2 atom stereocenters. The van der Waals surface area contributed by atoms with Crippen molar-refractivity contribution >= 4 is 11.6 Å². The van der Waals surface area contributed by atoms with Crippen molar-refractivity contribution in [1.82, 2.24) is 0 Å².